The van der Waals surface area contributed by atoms with Gasteiger partial charge in [-0.1, -0.05) is 23.2 Å². The summed E-state index contributed by atoms with van der Waals surface area (Å²) >= 11 is 13.5. The van der Waals surface area contributed by atoms with Gasteiger partial charge in [0.15, 0.2) is 0 Å². The lowest BCUT2D eigenvalue weighted by atomic mass is 10.2. The summed E-state index contributed by atoms with van der Waals surface area (Å²) in [6.45, 7) is 0.540. The van der Waals surface area contributed by atoms with E-state index in [1.807, 2.05) is 0 Å². The SMILES string of the molecule is CNCc1cc(Cl)cc(S(=O)(=O)NCc2nccs2)c1Cl. The van der Waals surface area contributed by atoms with E-state index in [9.17, 15) is 8.42 Å². The van der Waals surface area contributed by atoms with E-state index in [1.54, 1.807) is 24.7 Å². The summed E-state index contributed by atoms with van der Waals surface area (Å²) in [5.41, 5.74) is 0.626. The molecule has 0 fully saturated rings. The van der Waals surface area contributed by atoms with Crippen LogP contribution in [0.3, 0.4) is 0 Å². The number of sulfonamides is 1. The molecule has 0 amide bonds. The predicted octanol–water partition coefficient (Wildman–Crippen LogP) is 2.65. The molecule has 0 saturated carbocycles. The van der Waals surface area contributed by atoms with Gasteiger partial charge in [-0.05, 0) is 24.7 Å². The number of thiazole rings is 1. The van der Waals surface area contributed by atoms with Crippen LogP contribution in [-0.2, 0) is 23.1 Å². The first-order valence-electron chi connectivity index (χ1n) is 5.94. The van der Waals surface area contributed by atoms with E-state index in [1.165, 1.54) is 17.4 Å². The Morgan fingerprint density at radius 3 is 2.67 bits per heavy atom. The van der Waals surface area contributed by atoms with Crippen LogP contribution < -0.4 is 10.0 Å². The number of rotatable bonds is 6. The first-order chi connectivity index (χ1) is 9.94. The fraction of sp³-hybridized carbons (Fsp3) is 0.250. The highest BCUT2D eigenvalue weighted by molar-refractivity contribution is 7.89. The van der Waals surface area contributed by atoms with Crippen molar-refractivity contribution in [2.24, 2.45) is 0 Å². The zero-order chi connectivity index (χ0) is 15.5. The molecule has 2 N–H and O–H groups in total. The van der Waals surface area contributed by atoms with Gasteiger partial charge >= 0.3 is 0 Å². The van der Waals surface area contributed by atoms with Crippen molar-refractivity contribution in [2.45, 2.75) is 18.0 Å². The van der Waals surface area contributed by atoms with Crippen LogP contribution in [-0.4, -0.2) is 20.4 Å². The maximum atomic E-state index is 12.4. The van der Waals surface area contributed by atoms with Gasteiger partial charge in [-0.15, -0.1) is 11.3 Å². The van der Waals surface area contributed by atoms with E-state index in [-0.39, 0.29) is 16.5 Å². The van der Waals surface area contributed by atoms with Crippen LogP contribution in [0.5, 0.6) is 0 Å². The van der Waals surface area contributed by atoms with Gasteiger partial charge < -0.3 is 5.32 Å². The molecule has 2 aromatic rings. The Hall–Kier alpha value is -0.700. The third-order valence-corrected chi connectivity index (χ3v) is 5.61. The molecule has 2 rings (SSSR count). The summed E-state index contributed by atoms with van der Waals surface area (Å²) in [6, 6.07) is 2.98. The number of nitrogens with zero attached hydrogens (tertiary/aromatic N) is 1. The minimum atomic E-state index is -3.76. The molecule has 0 aliphatic heterocycles. The largest absolute Gasteiger partial charge is 0.316 e. The number of nitrogens with one attached hydrogen (secondary N) is 2. The van der Waals surface area contributed by atoms with E-state index in [4.69, 9.17) is 23.2 Å². The Bertz CT molecular complexity index is 718. The predicted molar refractivity (Wildman–Crippen MR) is 85.4 cm³/mol. The van der Waals surface area contributed by atoms with Crippen molar-refractivity contribution in [1.82, 2.24) is 15.0 Å². The highest BCUT2D eigenvalue weighted by atomic mass is 35.5. The van der Waals surface area contributed by atoms with Crippen molar-refractivity contribution >= 4 is 44.6 Å². The lowest BCUT2D eigenvalue weighted by Gasteiger charge is -2.11. The molecular formula is C12H13Cl2N3O2S2. The molecule has 0 atom stereocenters. The Kier molecular flexibility index (Phi) is 5.59. The molecule has 0 aliphatic rings. The molecule has 0 radical (unpaired) electrons. The van der Waals surface area contributed by atoms with E-state index in [0.717, 1.165) is 0 Å². The van der Waals surface area contributed by atoms with E-state index >= 15 is 0 Å². The van der Waals surface area contributed by atoms with E-state index < -0.39 is 10.0 Å². The second-order valence-electron chi connectivity index (χ2n) is 4.16. The number of benzene rings is 1. The normalized spacial score (nSPS) is 11.8. The van der Waals surface area contributed by atoms with Crippen molar-refractivity contribution in [3.8, 4) is 0 Å². The number of hydrogen-bond donors (Lipinski definition) is 2. The molecule has 5 nitrogen and oxygen atoms in total. The van der Waals surface area contributed by atoms with Crippen LogP contribution in [0.4, 0.5) is 0 Å². The van der Waals surface area contributed by atoms with Crippen LogP contribution in [0.1, 0.15) is 10.6 Å². The fourth-order valence-corrected chi connectivity index (χ4v) is 4.27. The third-order valence-electron chi connectivity index (χ3n) is 2.63. The first kappa shape index (κ1) is 16.7. The number of aromatic nitrogens is 1. The second kappa shape index (κ2) is 7.04. The van der Waals surface area contributed by atoms with Crippen LogP contribution in [0, 0.1) is 0 Å². The van der Waals surface area contributed by atoms with Crippen molar-refractivity contribution in [3.63, 3.8) is 0 Å². The third kappa shape index (κ3) is 4.15. The van der Waals surface area contributed by atoms with Crippen LogP contribution >= 0.6 is 34.5 Å². The van der Waals surface area contributed by atoms with E-state index in [0.29, 0.717) is 22.1 Å². The molecule has 114 valence electrons. The molecule has 0 spiro atoms. The Morgan fingerprint density at radius 2 is 2.05 bits per heavy atom. The zero-order valence-electron chi connectivity index (χ0n) is 11.1. The average Bonchev–Trinajstić information content (AvgIpc) is 2.94. The minimum Gasteiger partial charge on any atom is -0.316 e. The minimum absolute atomic E-state index is 0.0292. The smallest absolute Gasteiger partial charge is 0.242 e. The number of halogens is 2. The lowest BCUT2D eigenvalue weighted by Crippen LogP contribution is -2.24. The summed E-state index contributed by atoms with van der Waals surface area (Å²) < 4.78 is 27.2. The van der Waals surface area contributed by atoms with Crippen LogP contribution in [0.25, 0.3) is 0 Å². The van der Waals surface area contributed by atoms with Crippen molar-refractivity contribution < 1.29 is 8.42 Å². The van der Waals surface area contributed by atoms with Crippen molar-refractivity contribution in [2.75, 3.05) is 7.05 Å². The highest BCUT2D eigenvalue weighted by Gasteiger charge is 2.21. The van der Waals surface area contributed by atoms with Gasteiger partial charge in [0.2, 0.25) is 10.0 Å². The summed E-state index contributed by atoms with van der Waals surface area (Å²) in [5, 5.41) is 5.86. The molecule has 21 heavy (non-hydrogen) atoms. The van der Waals surface area contributed by atoms with Crippen LogP contribution in [0.2, 0.25) is 10.0 Å². The van der Waals surface area contributed by atoms with Crippen LogP contribution in [0.15, 0.2) is 28.6 Å². The average molecular weight is 366 g/mol. The molecule has 1 aromatic carbocycles. The topological polar surface area (TPSA) is 71.1 Å². The maximum Gasteiger partial charge on any atom is 0.242 e. The Morgan fingerprint density at radius 1 is 1.29 bits per heavy atom. The second-order valence-corrected chi connectivity index (χ2v) is 7.69. The van der Waals surface area contributed by atoms with Gasteiger partial charge in [0, 0.05) is 23.1 Å². The first-order valence-corrected chi connectivity index (χ1v) is 9.06. The van der Waals surface area contributed by atoms with Gasteiger partial charge in [-0.25, -0.2) is 18.1 Å². The molecule has 0 bridgehead atoms. The number of hydrogen-bond acceptors (Lipinski definition) is 5. The zero-order valence-corrected chi connectivity index (χ0v) is 14.2. The van der Waals surface area contributed by atoms with E-state index in [2.05, 4.69) is 15.0 Å². The summed E-state index contributed by atoms with van der Waals surface area (Å²) in [7, 11) is -2.02. The summed E-state index contributed by atoms with van der Waals surface area (Å²) in [4.78, 5) is 3.99. The van der Waals surface area contributed by atoms with Gasteiger partial charge in [0.05, 0.1) is 11.6 Å². The summed E-state index contributed by atoms with van der Waals surface area (Å²) in [5.74, 6) is 0. The fourth-order valence-electron chi connectivity index (χ4n) is 1.71. The van der Waals surface area contributed by atoms with Crippen molar-refractivity contribution in [1.29, 1.82) is 0 Å². The maximum absolute atomic E-state index is 12.4. The standard InChI is InChI=1S/C12H13Cl2N3O2S2/c1-15-6-8-4-9(13)5-10(12(8)14)21(18,19)17-7-11-16-2-3-20-11/h2-5,15,17H,6-7H2,1H3. The molecule has 0 unspecified atom stereocenters. The Labute approximate surface area is 137 Å². The molecule has 0 aliphatic carbocycles. The molecular weight excluding hydrogens is 353 g/mol. The van der Waals surface area contributed by atoms with Gasteiger partial charge in [0.1, 0.15) is 9.90 Å². The lowest BCUT2D eigenvalue weighted by molar-refractivity contribution is 0.581. The molecule has 1 aromatic heterocycles. The molecule has 0 saturated heterocycles. The van der Waals surface area contributed by atoms with Crippen molar-refractivity contribution in [3.05, 3.63) is 44.3 Å². The summed E-state index contributed by atoms with van der Waals surface area (Å²) in [6.07, 6.45) is 1.62. The molecule has 9 heteroatoms. The Balaban J connectivity index is 2.30. The van der Waals surface area contributed by atoms with Gasteiger partial charge in [-0.2, -0.15) is 0 Å². The molecule has 1 heterocycles. The van der Waals surface area contributed by atoms with Gasteiger partial charge in [0.25, 0.3) is 0 Å². The quantitative estimate of drug-likeness (QED) is 0.825. The highest BCUT2D eigenvalue weighted by Crippen LogP contribution is 2.29. The van der Waals surface area contributed by atoms with Gasteiger partial charge in [-0.3, -0.25) is 0 Å². The monoisotopic (exact) mass is 365 g/mol.